The van der Waals surface area contributed by atoms with Crippen molar-refractivity contribution in [2.45, 2.75) is 0 Å². The van der Waals surface area contributed by atoms with Crippen molar-refractivity contribution in [3.8, 4) is 11.3 Å². The second-order valence-electron chi connectivity index (χ2n) is 3.55. The smallest absolute Gasteiger partial charge is 0.281 e. The number of Topliss-reactive ketones (excluding diaryl/α,β-unsaturated/α-hetero) is 1. The molecular weight excluding hydrogens is 238 g/mol. The summed E-state index contributed by atoms with van der Waals surface area (Å²) in [5.41, 5.74) is 0.156. The van der Waals surface area contributed by atoms with Gasteiger partial charge in [-0.2, -0.15) is 0 Å². The van der Waals surface area contributed by atoms with Crippen LogP contribution >= 0.6 is 0 Å². The Labute approximate surface area is 102 Å². The molecule has 0 aliphatic heterocycles. The lowest BCUT2D eigenvalue weighted by molar-refractivity contribution is -0.384. The molecule has 1 N–H and O–H groups in total. The fourth-order valence-corrected chi connectivity index (χ4v) is 1.59. The van der Waals surface area contributed by atoms with Crippen molar-refractivity contribution in [2.24, 2.45) is 0 Å². The van der Waals surface area contributed by atoms with E-state index in [1.165, 1.54) is 18.4 Å². The number of furan rings is 1. The number of carbonyl (C=O) groups excluding carboxylic acids is 1. The van der Waals surface area contributed by atoms with E-state index in [4.69, 9.17) is 9.52 Å². The lowest BCUT2D eigenvalue weighted by atomic mass is 10.0. The molecule has 2 rings (SSSR count). The van der Waals surface area contributed by atoms with E-state index in [9.17, 15) is 14.9 Å². The summed E-state index contributed by atoms with van der Waals surface area (Å²) in [6.45, 7) is -0.683. The third-order valence-electron chi connectivity index (χ3n) is 2.45. The van der Waals surface area contributed by atoms with Crippen LogP contribution in [-0.2, 0) is 0 Å². The Morgan fingerprint density at radius 1 is 1.39 bits per heavy atom. The largest absolute Gasteiger partial charge is 0.464 e. The molecule has 2 aromatic rings. The van der Waals surface area contributed by atoms with Crippen molar-refractivity contribution < 1.29 is 19.2 Å². The molecule has 0 aliphatic carbocycles. The number of nitro benzene ring substituents is 1. The first-order valence-electron chi connectivity index (χ1n) is 5.10. The standard InChI is InChI=1S/C12H9NO5/c14-7-11(15)8-3-4-9(10(6-8)13(16)17)12-2-1-5-18-12/h1-6,14H,7H2. The predicted octanol–water partition coefficient (Wildman–Crippen LogP) is 2.03. The van der Waals surface area contributed by atoms with Gasteiger partial charge in [-0.1, -0.05) is 6.07 Å². The van der Waals surface area contributed by atoms with E-state index in [2.05, 4.69) is 0 Å². The molecule has 0 atom stereocenters. The lowest BCUT2D eigenvalue weighted by Crippen LogP contribution is -2.05. The van der Waals surface area contributed by atoms with Crippen molar-refractivity contribution in [1.29, 1.82) is 0 Å². The maximum absolute atomic E-state index is 11.3. The van der Waals surface area contributed by atoms with Crippen molar-refractivity contribution >= 4 is 11.5 Å². The van der Waals surface area contributed by atoms with Gasteiger partial charge in [0.2, 0.25) is 0 Å². The number of hydrogen-bond donors (Lipinski definition) is 1. The average Bonchev–Trinajstić information content (AvgIpc) is 2.90. The number of benzene rings is 1. The number of aliphatic hydroxyl groups is 1. The average molecular weight is 247 g/mol. The number of aliphatic hydroxyl groups excluding tert-OH is 1. The Bertz CT molecular complexity index is 589. The molecule has 1 aromatic carbocycles. The van der Waals surface area contributed by atoms with Crippen LogP contribution in [0.5, 0.6) is 0 Å². The van der Waals surface area contributed by atoms with Crippen LogP contribution in [0.2, 0.25) is 0 Å². The van der Waals surface area contributed by atoms with Crippen LogP contribution in [-0.4, -0.2) is 22.4 Å². The molecule has 1 heterocycles. The molecule has 0 saturated carbocycles. The Balaban J connectivity index is 2.55. The highest BCUT2D eigenvalue weighted by Crippen LogP contribution is 2.31. The minimum Gasteiger partial charge on any atom is -0.464 e. The van der Waals surface area contributed by atoms with Gasteiger partial charge in [-0.25, -0.2) is 0 Å². The van der Waals surface area contributed by atoms with Gasteiger partial charge in [0.05, 0.1) is 16.7 Å². The quantitative estimate of drug-likeness (QED) is 0.506. The molecule has 0 saturated heterocycles. The van der Waals surface area contributed by atoms with Crippen molar-refractivity contribution in [3.05, 3.63) is 52.3 Å². The highest BCUT2D eigenvalue weighted by molar-refractivity contribution is 5.98. The van der Waals surface area contributed by atoms with Crippen molar-refractivity contribution in [1.82, 2.24) is 0 Å². The van der Waals surface area contributed by atoms with E-state index in [1.807, 2.05) is 0 Å². The SMILES string of the molecule is O=C(CO)c1ccc(-c2ccco2)c([N+](=O)[O-])c1. The van der Waals surface area contributed by atoms with E-state index >= 15 is 0 Å². The summed E-state index contributed by atoms with van der Waals surface area (Å²) < 4.78 is 5.10. The van der Waals surface area contributed by atoms with Gasteiger partial charge in [-0.15, -0.1) is 0 Å². The van der Waals surface area contributed by atoms with Crippen LogP contribution in [0.25, 0.3) is 11.3 Å². The van der Waals surface area contributed by atoms with Gasteiger partial charge >= 0.3 is 0 Å². The van der Waals surface area contributed by atoms with Gasteiger partial charge < -0.3 is 9.52 Å². The summed E-state index contributed by atoms with van der Waals surface area (Å²) >= 11 is 0. The summed E-state index contributed by atoms with van der Waals surface area (Å²) in [5, 5.41) is 19.7. The molecule has 0 unspecified atom stereocenters. The molecule has 92 valence electrons. The maximum atomic E-state index is 11.3. The fourth-order valence-electron chi connectivity index (χ4n) is 1.59. The predicted molar refractivity (Wildman–Crippen MR) is 62.2 cm³/mol. The monoisotopic (exact) mass is 247 g/mol. The molecule has 18 heavy (non-hydrogen) atoms. The van der Waals surface area contributed by atoms with Crippen LogP contribution in [0, 0.1) is 10.1 Å². The highest BCUT2D eigenvalue weighted by Gasteiger charge is 2.19. The first kappa shape index (κ1) is 12.0. The number of rotatable bonds is 4. The minimum atomic E-state index is -0.683. The number of nitrogens with zero attached hydrogens (tertiary/aromatic N) is 1. The molecule has 0 spiro atoms. The number of carbonyl (C=O) groups is 1. The number of ketones is 1. The normalized spacial score (nSPS) is 10.3. The van der Waals surface area contributed by atoms with Gasteiger partial charge in [-0.3, -0.25) is 14.9 Å². The molecule has 1 aromatic heterocycles. The number of nitro groups is 1. The van der Waals surface area contributed by atoms with Gasteiger partial charge in [0.15, 0.2) is 5.78 Å². The highest BCUT2D eigenvalue weighted by atomic mass is 16.6. The zero-order valence-corrected chi connectivity index (χ0v) is 9.20. The molecule has 6 nitrogen and oxygen atoms in total. The zero-order chi connectivity index (χ0) is 13.1. The van der Waals surface area contributed by atoms with E-state index < -0.39 is 17.3 Å². The first-order chi connectivity index (χ1) is 8.63. The van der Waals surface area contributed by atoms with Crippen LogP contribution in [0.3, 0.4) is 0 Å². The molecule has 0 amide bonds. The summed E-state index contributed by atoms with van der Waals surface area (Å²) in [4.78, 5) is 21.7. The van der Waals surface area contributed by atoms with Crippen molar-refractivity contribution in [2.75, 3.05) is 6.61 Å². The zero-order valence-electron chi connectivity index (χ0n) is 9.20. The third kappa shape index (κ3) is 2.14. The van der Waals surface area contributed by atoms with E-state index in [-0.39, 0.29) is 11.3 Å². The van der Waals surface area contributed by atoms with E-state index in [0.29, 0.717) is 11.3 Å². The topological polar surface area (TPSA) is 93.6 Å². The summed E-state index contributed by atoms with van der Waals surface area (Å²) in [7, 11) is 0. The van der Waals surface area contributed by atoms with Gasteiger partial charge in [0.25, 0.3) is 5.69 Å². The molecule has 0 fully saturated rings. The Kier molecular flexibility index (Phi) is 3.20. The summed E-state index contributed by atoms with van der Waals surface area (Å²) in [5.74, 6) is -0.214. The van der Waals surface area contributed by atoms with Crippen LogP contribution in [0.4, 0.5) is 5.69 Å². The fraction of sp³-hybridized carbons (Fsp3) is 0.0833. The van der Waals surface area contributed by atoms with Crippen LogP contribution in [0.1, 0.15) is 10.4 Å². The third-order valence-corrected chi connectivity index (χ3v) is 2.45. The van der Waals surface area contributed by atoms with Crippen molar-refractivity contribution in [3.63, 3.8) is 0 Å². The molecule has 0 radical (unpaired) electrons. The van der Waals surface area contributed by atoms with Crippen LogP contribution in [0.15, 0.2) is 41.0 Å². The second kappa shape index (κ2) is 4.80. The summed E-state index contributed by atoms with van der Waals surface area (Å²) in [6, 6.07) is 7.20. The molecule has 6 heteroatoms. The Morgan fingerprint density at radius 2 is 2.17 bits per heavy atom. The van der Waals surface area contributed by atoms with Gasteiger partial charge in [0, 0.05) is 11.6 Å². The molecular formula is C12H9NO5. The second-order valence-corrected chi connectivity index (χ2v) is 3.55. The molecule has 0 aliphatic rings. The summed E-state index contributed by atoms with van der Waals surface area (Å²) in [6.07, 6.45) is 1.41. The molecule has 0 bridgehead atoms. The Hall–Kier alpha value is -2.47. The lowest BCUT2D eigenvalue weighted by Gasteiger charge is -2.02. The Morgan fingerprint density at radius 3 is 2.72 bits per heavy atom. The maximum Gasteiger partial charge on any atom is 0.281 e. The van der Waals surface area contributed by atoms with Gasteiger partial charge in [0.1, 0.15) is 12.4 Å². The van der Waals surface area contributed by atoms with E-state index in [1.54, 1.807) is 12.1 Å². The van der Waals surface area contributed by atoms with Crippen LogP contribution < -0.4 is 0 Å². The van der Waals surface area contributed by atoms with Gasteiger partial charge in [-0.05, 0) is 18.2 Å². The minimum absolute atomic E-state index is 0.0968. The first-order valence-corrected chi connectivity index (χ1v) is 5.10. The van der Waals surface area contributed by atoms with E-state index in [0.717, 1.165) is 6.07 Å². The number of hydrogen-bond acceptors (Lipinski definition) is 5.